The van der Waals surface area contributed by atoms with Crippen LogP contribution in [0.4, 0.5) is 5.00 Å². The van der Waals surface area contributed by atoms with Crippen molar-refractivity contribution in [2.45, 2.75) is 32.1 Å². The summed E-state index contributed by atoms with van der Waals surface area (Å²) in [4.78, 5) is 15.5. The Labute approximate surface area is 117 Å². The van der Waals surface area contributed by atoms with Crippen molar-refractivity contribution in [3.63, 3.8) is 0 Å². The third-order valence-electron chi connectivity index (χ3n) is 3.85. The van der Waals surface area contributed by atoms with Crippen LogP contribution in [0.15, 0.2) is 0 Å². The minimum atomic E-state index is 0.0123. The zero-order chi connectivity index (χ0) is 13.2. The third kappa shape index (κ3) is 2.51. The van der Waals surface area contributed by atoms with Gasteiger partial charge in [0.25, 0.3) is 0 Å². The van der Waals surface area contributed by atoms with Gasteiger partial charge in [0.1, 0.15) is 11.1 Å². The number of nitrogens with zero attached hydrogens (tertiary/aromatic N) is 2. The van der Waals surface area contributed by atoms with Crippen LogP contribution in [-0.2, 0) is 17.6 Å². The molecule has 0 unspecified atom stereocenters. The molecule has 19 heavy (non-hydrogen) atoms. The Kier molecular flexibility index (Phi) is 3.54. The highest BCUT2D eigenvalue weighted by Gasteiger charge is 2.23. The number of hydrogen-bond acceptors (Lipinski definition) is 4. The van der Waals surface area contributed by atoms with Crippen molar-refractivity contribution in [2.75, 3.05) is 25.0 Å². The zero-order valence-corrected chi connectivity index (χ0v) is 11.7. The quantitative estimate of drug-likeness (QED) is 0.919. The number of likely N-dealkylation sites (tertiary alicyclic amines) is 1. The number of carbonyl (C=O) groups excluding carboxylic acids is 1. The lowest BCUT2D eigenvalue weighted by atomic mass is 10.1. The lowest BCUT2D eigenvalue weighted by Gasteiger charge is -2.13. The van der Waals surface area contributed by atoms with E-state index in [1.165, 1.54) is 23.3 Å². The smallest absolute Gasteiger partial charge is 0.239 e. The molecule has 1 saturated heterocycles. The number of carbonyl (C=O) groups is 1. The van der Waals surface area contributed by atoms with Gasteiger partial charge < -0.3 is 5.32 Å². The van der Waals surface area contributed by atoms with Gasteiger partial charge in [-0.15, -0.1) is 11.3 Å². The van der Waals surface area contributed by atoms with Gasteiger partial charge in [0.15, 0.2) is 0 Å². The van der Waals surface area contributed by atoms with Crippen LogP contribution < -0.4 is 5.32 Å². The molecule has 0 bridgehead atoms. The molecule has 0 radical (unpaired) electrons. The average molecular weight is 275 g/mol. The van der Waals surface area contributed by atoms with Crippen molar-refractivity contribution >= 4 is 22.2 Å². The van der Waals surface area contributed by atoms with E-state index in [0.29, 0.717) is 12.1 Å². The van der Waals surface area contributed by atoms with E-state index in [9.17, 15) is 10.1 Å². The first-order valence-corrected chi connectivity index (χ1v) is 7.66. The molecular formula is C14H17N3OS. The van der Waals surface area contributed by atoms with Crippen molar-refractivity contribution in [1.29, 1.82) is 5.26 Å². The Balaban J connectivity index is 1.69. The molecule has 0 spiro atoms. The molecule has 0 atom stereocenters. The van der Waals surface area contributed by atoms with Crippen molar-refractivity contribution in [2.24, 2.45) is 0 Å². The lowest BCUT2D eigenvalue weighted by molar-refractivity contribution is -0.117. The van der Waals surface area contributed by atoms with Gasteiger partial charge in [0.05, 0.1) is 12.1 Å². The summed E-state index contributed by atoms with van der Waals surface area (Å²) in [6, 6.07) is 2.26. The predicted molar refractivity (Wildman–Crippen MR) is 75.4 cm³/mol. The van der Waals surface area contributed by atoms with E-state index >= 15 is 0 Å². The van der Waals surface area contributed by atoms with E-state index in [1.54, 1.807) is 11.3 Å². The molecule has 0 aromatic carbocycles. The Morgan fingerprint density at radius 2 is 2.11 bits per heavy atom. The molecule has 1 aliphatic heterocycles. The molecule has 1 aliphatic carbocycles. The van der Waals surface area contributed by atoms with Crippen LogP contribution in [0.1, 0.15) is 35.3 Å². The Bertz CT molecular complexity index is 538. The second-order valence-corrected chi connectivity index (χ2v) is 6.31. The zero-order valence-electron chi connectivity index (χ0n) is 10.9. The summed E-state index contributed by atoms with van der Waals surface area (Å²) < 4.78 is 0. The fourth-order valence-electron chi connectivity index (χ4n) is 2.92. The number of aryl methyl sites for hydroxylation is 1. The topological polar surface area (TPSA) is 56.1 Å². The van der Waals surface area contributed by atoms with Gasteiger partial charge in [0, 0.05) is 4.88 Å². The maximum Gasteiger partial charge on any atom is 0.239 e. The number of nitriles is 1. The van der Waals surface area contributed by atoms with Gasteiger partial charge in [-0.05, 0) is 50.8 Å². The second-order valence-electron chi connectivity index (χ2n) is 5.20. The van der Waals surface area contributed by atoms with Crippen LogP contribution in [0, 0.1) is 11.3 Å². The first kappa shape index (κ1) is 12.6. The number of rotatable bonds is 3. The molecule has 5 heteroatoms. The van der Waals surface area contributed by atoms with Gasteiger partial charge in [-0.2, -0.15) is 5.26 Å². The summed E-state index contributed by atoms with van der Waals surface area (Å²) in [5.41, 5.74) is 1.87. The number of amides is 1. The Morgan fingerprint density at radius 3 is 2.84 bits per heavy atom. The van der Waals surface area contributed by atoms with Gasteiger partial charge in [-0.25, -0.2) is 0 Å². The molecule has 1 aromatic heterocycles. The molecule has 2 heterocycles. The largest absolute Gasteiger partial charge is 0.315 e. The highest BCUT2D eigenvalue weighted by Crippen LogP contribution is 2.38. The van der Waals surface area contributed by atoms with E-state index < -0.39 is 0 Å². The molecule has 100 valence electrons. The number of anilines is 1. The summed E-state index contributed by atoms with van der Waals surface area (Å²) in [6.45, 7) is 2.48. The number of thiophene rings is 1. The molecule has 1 aromatic rings. The molecule has 4 nitrogen and oxygen atoms in total. The van der Waals surface area contributed by atoms with Crippen LogP contribution in [0.5, 0.6) is 0 Å². The van der Waals surface area contributed by atoms with Gasteiger partial charge in [0.2, 0.25) is 5.91 Å². The molecule has 3 rings (SSSR count). The SMILES string of the molecule is N#Cc1c(NC(=O)CN2CCCC2)sc2c1CCC2. The minimum Gasteiger partial charge on any atom is -0.315 e. The summed E-state index contributed by atoms with van der Waals surface area (Å²) in [5.74, 6) is 0.0123. The van der Waals surface area contributed by atoms with Crippen LogP contribution in [0.25, 0.3) is 0 Å². The maximum atomic E-state index is 12.0. The van der Waals surface area contributed by atoms with Crippen molar-refractivity contribution in [3.8, 4) is 6.07 Å². The predicted octanol–water partition coefficient (Wildman–Crippen LogP) is 2.14. The Hall–Kier alpha value is -1.38. The second kappa shape index (κ2) is 5.32. The third-order valence-corrected chi connectivity index (χ3v) is 5.06. The summed E-state index contributed by atoms with van der Waals surface area (Å²) >= 11 is 1.59. The van der Waals surface area contributed by atoms with E-state index in [4.69, 9.17) is 0 Å². The molecule has 1 fully saturated rings. The molecule has 1 amide bonds. The lowest BCUT2D eigenvalue weighted by Crippen LogP contribution is -2.30. The van der Waals surface area contributed by atoms with Crippen LogP contribution >= 0.6 is 11.3 Å². The van der Waals surface area contributed by atoms with Crippen LogP contribution in [-0.4, -0.2) is 30.4 Å². The molecule has 2 aliphatic rings. The normalized spacial score (nSPS) is 18.3. The maximum absolute atomic E-state index is 12.0. The van der Waals surface area contributed by atoms with Crippen molar-refractivity contribution < 1.29 is 4.79 Å². The number of nitrogens with one attached hydrogen (secondary N) is 1. The molecule has 0 saturated carbocycles. The highest BCUT2D eigenvalue weighted by atomic mass is 32.1. The number of hydrogen-bond donors (Lipinski definition) is 1. The van der Waals surface area contributed by atoms with Crippen molar-refractivity contribution in [3.05, 3.63) is 16.0 Å². The van der Waals surface area contributed by atoms with E-state index in [-0.39, 0.29) is 5.91 Å². The van der Waals surface area contributed by atoms with Gasteiger partial charge in [-0.3, -0.25) is 9.69 Å². The average Bonchev–Trinajstić information content (AvgIpc) is 3.05. The monoisotopic (exact) mass is 275 g/mol. The Morgan fingerprint density at radius 1 is 1.32 bits per heavy atom. The summed E-state index contributed by atoms with van der Waals surface area (Å²) in [6.07, 6.45) is 5.54. The summed E-state index contributed by atoms with van der Waals surface area (Å²) in [5, 5.41) is 13.0. The standard InChI is InChI=1S/C14H17N3OS/c15-8-11-10-4-3-5-12(10)19-14(11)16-13(18)9-17-6-1-2-7-17/h1-7,9H2,(H,16,18). The fraction of sp³-hybridized carbons (Fsp3) is 0.571. The highest BCUT2D eigenvalue weighted by molar-refractivity contribution is 7.16. The van der Waals surface area contributed by atoms with E-state index in [0.717, 1.165) is 37.4 Å². The minimum absolute atomic E-state index is 0.0123. The number of fused-ring (bicyclic) bond motifs is 1. The fourth-order valence-corrected chi connectivity index (χ4v) is 4.18. The molecular weight excluding hydrogens is 258 g/mol. The first-order chi connectivity index (χ1) is 9.28. The van der Waals surface area contributed by atoms with Crippen molar-refractivity contribution in [1.82, 2.24) is 4.90 Å². The van der Waals surface area contributed by atoms with E-state index in [1.807, 2.05) is 0 Å². The molecule has 1 N–H and O–H groups in total. The first-order valence-electron chi connectivity index (χ1n) is 6.85. The van der Waals surface area contributed by atoms with Gasteiger partial charge >= 0.3 is 0 Å². The van der Waals surface area contributed by atoms with Crippen LogP contribution in [0.3, 0.4) is 0 Å². The van der Waals surface area contributed by atoms with E-state index in [2.05, 4.69) is 16.3 Å². The van der Waals surface area contributed by atoms with Gasteiger partial charge in [-0.1, -0.05) is 0 Å². The summed E-state index contributed by atoms with van der Waals surface area (Å²) in [7, 11) is 0. The van der Waals surface area contributed by atoms with Crippen LogP contribution in [0.2, 0.25) is 0 Å².